The summed E-state index contributed by atoms with van der Waals surface area (Å²) in [4.78, 5) is 58.2. The normalized spacial score (nSPS) is 37.4. The van der Waals surface area contributed by atoms with Crippen LogP contribution in [0.15, 0.2) is 0 Å². The molecule has 0 unspecified atom stereocenters. The van der Waals surface area contributed by atoms with Gasteiger partial charge in [0.25, 0.3) is 0 Å². The number of hydrogen-bond acceptors (Lipinski definition) is 5. The van der Waals surface area contributed by atoms with Crippen LogP contribution in [0.5, 0.6) is 0 Å². The maximum atomic E-state index is 12.5. The minimum absolute atomic E-state index is 0.588. The highest BCUT2D eigenvalue weighted by Gasteiger charge is 2.69. The zero-order valence-electron chi connectivity index (χ0n) is 11.3. The van der Waals surface area contributed by atoms with E-state index in [1.54, 1.807) is 0 Å². The third-order valence-corrected chi connectivity index (χ3v) is 4.77. The first-order valence-corrected chi connectivity index (χ1v) is 6.54. The molecular formula is C13H14O9. The van der Waals surface area contributed by atoms with Crippen molar-refractivity contribution < 1.29 is 44.4 Å². The maximum Gasteiger partial charge on any atom is 0.317 e. The van der Waals surface area contributed by atoms with Crippen molar-refractivity contribution in [3.63, 3.8) is 0 Å². The summed E-state index contributed by atoms with van der Waals surface area (Å²) in [7, 11) is 0. The lowest BCUT2D eigenvalue weighted by Gasteiger charge is -2.49. The van der Waals surface area contributed by atoms with Gasteiger partial charge in [0, 0.05) is 0 Å². The molecular weight excluding hydrogens is 300 g/mol. The Labute approximate surface area is 123 Å². The fourth-order valence-electron chi connectivity index (χ4n) is 3.72. The van der Waals surface area contributed by atoms with Crippen LogP contribution in [0.25, 0.3) is 0 Å². The summed E-state index contributed by atoms with van der Waals surface area (Å²) in [6.45, 7) is 0. The van der Waals surface area contributed by atoms with E-state index in [-0.39, 0.29) is 0 Å². The van der Waals surface area contributed by atoms with Gasteiger partial charge in [-0.1, -0.05) is 0 Å². The lowest BCUT2D eigenvalue weighted by Crippen LogP contribution is -2.63. The third kappa shape index (κ3) is 1.96. The van der Waals surface area contributed by atoms with Gasteiger partial charge in [-0.25, -0.2) is 0 Å². The largest absolute Gasteiger partial charge is 0.481 e. The van der Waals surface area contributed by atoms with E-state index in [4.69, 9.17) is 10.2 Å². The Morgan fingerprint density at radius 1 is 0.727 bits per heavy atom. The Kier molecular flexibility index (Phi) is 3.47. The van der Waals surface area contributed by atoms with E-state index in [1.807, 2.05) is 0 Å². The van der Waals surface area contributed by atoms with Crippen molar-refractivity contribution >= 4 is 29.7 Å². The lowest BCUT2D eigenvalue weighted by molar-refractivity contribution is -0.185. The molecule has 0 aromatic heterocycles. The fraction of sp³-hybridized carbons (Fsp3) is 0.615. The smallest absolute Gasteiger partial charge is 0.317 e. The zero-order chi connectivity index (χ0) is 16.9. The molecule has 0 aromatic carbocycles. The molecule has 2 bridgehead atoms. The Morgan fingerprint density at radius 2 is 1.00 bits per heavy atom. The predicted molar refractivity (Wildman–Crippen MR) is 65.9 cm³/mol. The van der Waals surface area contributed by atoms with Gasteiger partial charge in [-0.05, 0) is 25.7 Å². The molecule has 2 rings (SSSR count). The SMILES string of the molecule is O=C(O)C1CC2(C(=O)O)CC(C(=O)O)CC(C(=O)O)(C1)C2=O. The van der Waals surface area contributed by atoms with Crippen LogP contribution in [-0.4, -0.2) is 50.1 Å². The Balaban J connectivity index is 2.64. The number of carbonyl (C=O) groups excluding carboxylic acids is 1. The summed E-state index contributed by atoms with van der Waals surface area (Å²) >= 11 is 0. The molecule has 0 atom stereocenters. The summed E-state index contributed by atoms with van der Waals surface area (Å²) in [5, 5.41) is 37.1. The van der Waals surface area contributed by atoms with Gasteiger partial charge in [0.2, 0.25) is 0 Å². The Bertz CT molecular complexity index is 528. The summed E-state index contributed by atoms with van der Waals surface area (Å²) in [6, 6.07) is 0. The van der Waals surface area contributed by atoms with E-state index < -0.39 is 78.0 Å². The maximum absolute atomic E-state index is 12.5. The van der Waals surface area contributed by atoms with E-state index >= 15 is 0 Å². The molecule has 0 spiro atoms. The van der Waals surface area contributed by atoms with E-state index in [1.165, 1.54) is 0 Å². The van der Waals surface area contributed by atoms with Gasteiger partial charge in [0.05, 0.1) is 11.8 Å². The highest BCUT2D eigenvalue weighted by atomic mass is 16.4. The standard InChI is InChI=1S/C13H14O9/c14-7(15)5-1-12(10(19)20)3-6(8(16)17)4-13(2-5,9(12)18)11(21)22/h5-6H,1-4H2,(H,14,15)(H,16,17)(H,19,20)(H,21,22). The van der Waals surface area contributed by atoms with Crippen LogP contribution < -0.4 is 0 Å². The first-order valence-electron chi connectivity index (χ1n) is 6.54. The van der Waals surface area contributed by atoms with E-state index in [0.717, 1.165) is 0 Å². The molecule has 0 aliphatic heterocycles. The molecule has 0 radical (unpaired) electrons. The molecule has 4 N–H and O–H groups in total. The van der Waals surface area contributed by atoms with Gasteiger partial charge in [-0.3, -0.25) is 24.0 Å². The van der Waals surface area contributed by atoms with Crippen LogP contribution in [0, 0.1) is 22.7 Å². The second-order valence-electron chi connectivity index (χ2n) is 5.99. The first-order chi connectivity index (χ1) is 10.1. The minimum Gasteiger partial charge on any atom is -0.481 e. The fourth-order valence-corrected chi connectivity index (χ4v) is 3.72. The topological polar surface area (TPSA) is 166 Å². The molecule has 2 saturated carbocycles. The quantitative estimate of drug-likeness (QED) is 0.509. The molecule has 0 aromatic rings. The van der Waals surface area contributed by atoms with Crippen LogP contribution in [0.3, 0.4) is 0 Å². The van der Waals surface area contributed by atoms with Crippen LogP contribution >= 0.6 is 0 Å². The van der Waals surface area contributed by atoms with Crippen molar-refractivity contribution in [3.05, 3.63) is 0 Å². The van der Waals surface area contributed by atoms with Gasteiger partial charge in [-0.15, -0.1) is 0 Å². The van der Waals surface area contributed by atoms with Gasteiger partial charge < -0.3 is 20.4 Å². The second kappa shape index (κ2) is 4.79. The van der Waals surface area contributed by atoms with Gasteiger partial charge >= 0.3 is 23.9 Å². The molecule has 0 heterocycles. The number of carboxylic acids is 4. The molecule has 22 heavy (non-hydrogen) atoms. The monoisotopic (exact) mass is 314 g/mol. The summed E-state index contributed by atoms with van der Waals surface area (Å²) in [5.74, 6) is -9.84. The van der Waals surface area contributed by atoms with Crippen LogP contribution in [-0.2, 0) is 24.0 Å². The van der Waals surface area contributed by atoms with Crippen molar-refractivity contribution in [3.8, 4) is 0 Å². The molecule has 120 valence electrons. The first kappa shape index (κ1) is 15.9. The van der Waals surface area contributed by atoms with E-state index in [2.05, 4.69) is 0 Å². The number of rotatable bonds is 4. The average molecular weight is 314 g/mol. The number of ketones is 1. The predicted octanol–water partition coefficient (Wildman–Crippen LogP) is -0.313. The van der Waals surface area contributed by atoms with Gasteiger partial charge in [0.1, 0.15) is 10.8 Å². The Morgan fingerprint density at radius 3 is 1.18 bits per heavy atom. The molecule has 2 aliphatic rings. The number of aliphatic carboxylic acids is 4. The third-order valence-electron chi connectivity index (χ3n) is 4.77. The lowest BCUT2D eigenvalue weighted by atomic mass is 9.49. The summed E-state index contributed by atoms with van der Waals surface area (Å²) < 4.78 is 0. The second-order valence-corrected chi connectivity index (χ2v) is 5.99. The highest BCUT2D eigenvalue weighted by molar-refractivity contribution is 6.16. The van der Waals surface area contributed by atoms with Crippen molar-refractivity contribution in [1.82, 2.24) is 0 Å². The van der Waals surface area contributed by atoms with Crippen molar-refractivity contribution in [2.45, 2.75) is 25.7 Å². The molecule has 0 saturated heterocycles. The zero-order valence-corrected chi connectivity index (χ0v) is 11.3. The minimum atomic E-state index is -2.28. The van der Waals surface area contributed by atoms with Crippen molar-refractivity contribution in [1.29, 1.82) is 0 Å². The molecule has 9 heteroatoms. The number of hydrogen-bond donors (Lipinski definition) is 4. The molecule has 0 amide bonds. The van der Waals surface area contributed by atoms with Crippen LogP contribution in [0.2, 0.25) is 0 Å². The van der Waals surface area contributed by atoms with Crippen LogP contribution in [0.1, 0.15) is 25.7 Å². The van der Waals surface area contributed by atoms with E-state index in [0.29, 0.717) is 0 Å². The molecule has 9 nitrogen and oxygen atoms in total. The van der Waals surface area contributed by atoms with E-state index in [9.17, 15) is 34.2 Å². The summed E-state index contributed by atoms with van der Waals surface area (Å²) in [6.07, 6.45) is -2.35. The Hall–Kier alpha value is -2.45. The number of carboxylic acid groups (broad SMARTS) is 4. The highest BCUT2D eigenvalue weighted by Crippen LogP contribution is 2.57. The van der Waals surface area contributed by atoms with Crippen LogP contribution in [0.4, 0.5) is 0 Å². The summed E-state index contributed by atoms with van der Waals surface area (Å²) in [5.41, 5.74) is -4.55. The van der Waals surface area contributed by atoms with Gasteiger partial charge in [0.15, 0.2) is 5.78 Å². The molecule has 2 fully saturated rings. The number of carbonyl (C=O) groups is 5. The number of Topliss-reactive ketones (excluding diaryl/α,β-unsaturated/α-hetero) is 1. The number of fused-ring (bicyclic) bond motifs is 2. The van der Waals surface area contributed by atoms with Gasteiger partial charge in [-0.2, -0.15) is 0 Å². The average Bonchev–Trinajstić information content (AvgIpc) is 2.37. The van der Waals surface area contributed by atoms with Crippen molar-refractivity contribution in [2.75, 3.05) is 0 Å². The molecule has 2 aliphatic carbocycles. The van der Waals surface area contributed by atoms with Crippen molar-refractivity contribution in [2.24, 2.45) is 22.7 Å².